The van der Waals surface area contributed by atoms with Gasteiger partial charge in [0.2, 0.25) is 0 Å². The van der Waals surface area contributed by atoms with Gasteiger partial charge in [0.25, 0.3) is 5.91 Å². The molecule has 2 aromatic rings. The summed E-state index contributed by atoms with van der Waals surface area (Å²) in [6.45, 7) is 6.84. The molecule has 1 aliphatic rings. The number of H-pyrrole nitrogens is 1. The molecule has 7 heteroatoms. The lowest BCUT2D eigenvalue weighted by Crippen LogP contribution is -2.46. The molecule has 1 fully saturated rings. The van der Waals surface area contributed by atoms with Crippen LogP contribution in [0.25, 0.3) is 10.9 Å². The Kier molecular flexibility index (Phi) is 7.57. The molecular formula is C25H34N4O3. The highest BCUT2D eigenvalue weighted by Crippen LogP contribution is 2.27. The SMILES string of the molecule is COc1cccc2[nH]c(C(=O)NC(CNC(C#N)CC3CCCC3=O)CC(C)(C)C)cc12. The van der Waals surface area contributed by atoms with E-state index in [4.69, 9.17) is 4.74 Å². The van der Waals surface area contributed by atoms with Gasteiger partial charge in [0.15, 0.2) is 0 Å². The Hall–Kier alpha value is -2.85. The summed E-state index contributed by atoms with van der Waals surface area (Å²) in [7, 11) is 1.61. The smallest absolute Gasteiger partial charge is 0.267 e. The van der Waals surface area contributed by atoms with E-state index < -0.39 is 6.04 Å². The molecule has 7 nitrogen and oxygen atoms in total. The van der Waals surface area contributed by atoms with Crippen LogP contribution in [0.3, 0.4) is 0 Å². The molecule has 1 saturated carbocycles. The maximum absolute atomic E-state index is 13.0. The topological polar surface area (TPSA) is 107 Å². The fourth-order valence-corrected chi connectivity index (χ4v) is 4.49. The fourth-order valence-electron chi connectivity index (χ4n) is 4.49. The number of benzene rings is 1. The van der Waals surface area contributed by atoms with Gasteiger partial charge in [-0.2, -0.15) is 5.26 Å². The predicted molar refractivity (Wildman–Crippen MR) is 125 cm³/mol. The first kappa shape index (κ1) is 23.8. The van der Waals surface area contributed by atoms with E-state index in [2.05, 4.69) is 42.5 Å². The number of fused-ring (bicyclic) bond motifs is 1. The number of aromatic amines is 1. The molecule has 0 spiro atoms. The molecule has 32 heavy (non-hydrogen) atoms. The molecule has 1 amide bonds. The number of hydrogen-bond donors (Lipinski definition) is 3. The van der Waals surface area contributed by atoms with Crippen molar-refractivity contribution in [2.24, 2.45) is 11.3 Å². The Morgan fingerprint density at radius 2 is 2.16 bits per heavy atom. The lowest BCUT2D eigenvalue weighted by atomic mass is 9.87. The summed E-state index contributed by atoms with van der Waals surface area (Å²) in [6, 6.07) is 9.17. The number of nitrogens with zero attached hydrogens (tertiary/aromatic N) is 1. The second-order valence-corrected chi connectivity index (χ2v) is 9.92. The molecule has 0 aliphatic heterocycles. The van der Waals surface area contributed by atoms with E-state index in [0.29, 0.717) is 30.8 Å². The Morgan fingerprint density at radius 3 is 2.78 bits per heavy atom. The molecule has 3 unspecified atom stereocenters. The van der Waals surface area contributed by atoms with E-state index in [-0.39, 0.29) is 29.1 Å². The van der Waals surface area contributed by atoms with E-state index >= 15 is 0 Å². The number of aromatic nitrogens is 1. The highest BCUT2D eigenvalue weighted by molar-refractivity contribution is 5.99. The zero-order valence-electron chi connectivity index (χ0n) is 19.5. The van der Waals surface area contributed by atoms with Crippen molar-refractivity contribution in [3.63, 3.8) is 0 Å². The zero-order chi connectivity index (χ0) is 23.3. The van der Waals surface area contributed by atoms with Gasteiger partial charge in [0.05, 0.1) is 19.2 Å². The number of methoxy groups -OCH3 is 1. The van der Waals surface area contributed by atoms with Crippen molar-refractivity contribution < 1.29 is 14.3 Å². The van der Waals surface area contributed by atoms with Crippen molar-refractivity contribution in [3.05, 3.63) is 30.0 Å². The third-order valence-electron chi connectivity index (χ3n) is 6.00. The van der Waals surface area contributed by atoms with Crippen LogP contribution in [0.1, 0.15) is 63.4 Å². The minimum absolute atomic E-state index is 0.00709. The molecule has 3 rings (SSSR count). The third kappa shape index (κ3) is 6.10. The van der Waals surface area contributed by atoms with Crippen LogP contribution in [-0.4, -0.2) is 42.4 Å². The summed E-state index contributed by atoms with van der Waals surface area (Å²) in [4.78, 5) is 28.2. The number of ether oxygens (including phenoxy) is 1. The van der Waals surface area contributed by atoms with Crippen molar-refractivity contribution in [1.29, 1.82) is 5.26 Å². The standard InChI is InChI=1S/C25H34N4O3/c1-25(2,3)13-18(15-27-17(14-26)11-16-7-5-9-22(16)30)28-24(31)21-12-19-20(29-21)8-6-10-23(19)32-4/h6,8,10,12,16-18,27,29H,5,7,9,11,13,15H2,1-4H3,(H,28,31). The van der Waals surface area contributed by atoms with Crippen LogP contribution in [0.5, 0.6) is 5.75 Å². The Morgan fingerprint density at radius 1 is 1.38 bits per heavy atom. The van der Waals surface area contributed by atoms with E-state index in [1.165, 1.54) is 0 Å². The van der Waals surface area contributed by atoms with Gasteiger partial charge in [-0.3, -0.25) is 14.9 Å². The van der Waals surface area contributed by atoms with Gasteiger partial charge >= 0.3 is 0 Å². The summed E-state index contributed by atoms with van der Waals surface area (Å²) in [5, 5.41) is 16.8. The molecule has 1 heterocycles. The molecule has 0 bridgehead atoms. The molecule has 172 valence electrons. The second kappa shape index (κ2) is 10.2. The average Bonchev–Trinajstić information content (AvgIpc) is 3.35. The number of carbonyl (C=O) groups excluding carboxylic acids is 2. The van der Waals surface area contributed by atoms with Crippen LogP contribution >= 0.6 is 0 Å². The second-order valence-electron chi connectivity index (χ2n) is 9.92. The number of nitrogens with one attached hydrogen (secondary N) is 3. The number of rotatable bonds is 9. The van der Waals surface area contributed by atoms with E-state index in [1.807, 2.05) is 18.2 Å². The molecule has 0 saturated heterocycles. The van der Waals surface area contributed by atoms with Gasteiger partial charge < -0.3 is 15.0 Å². The summed E-state index contributed by atoms with van der Waals surface area (Å²) >= 11 is 0. The van der Waals surface area contributed by atoms with Crippen LogP contribution in [0.15, 0.2) is 24.3 Å². The van der Waals surface area contributed by atoms with Crippen molar-refractivity contribution in [1.82, 2.24) is 15.6 Å². The first-order valence-corrected chi connectivity index (χ1v) is 11.3. The quantitative estimate of drug-likeness (QED) is 0.549. The van der Waals surface area contributed by atoms with Crippen LogP contribution in [-0.2, 0) is 4.79 Å². The Bertz CT molecular complexity index is 999. The van der Waals surface area contributed by atoms with Crippen molar-refractivity contribution in [3.8, 4) is 11.8 Å². The molecule has 3 atom stereocenters. The van der Waals surface area contributed by atoms with Crippen molar-refractivity contribution in [2.45, 2.75) is 65.0 Å². The zero-order valence-corrected chi connectivity index (χ0v) is 19.5. The monoisotopic (exact) mass is 438 g/mol. The van der Waals surface area contributed by atoms with E-state index in [1.54, 1.807) is 13.2 Å². The minimum Gasteiger partial charge on any atom is -0.496 e. The van der Waals surface area contributed by atoms with Gasteiger partial charge in [-0.15, -0.1) is 0 Å². The van der Waals surface area contributed by atoms with Crippen LogP contribution < -0.4 is 15.4 Å². The highest BCUT2D eigenvalue weighted by Gasteiger charge is 2.28. The number of amides is 1. The predicted octanol–water partition coefficient (Wildman–Crippen LogP) is 3.95. The maximum Gasteiger partial charge on any atom is 0.267 e. The lowest BCUT2D eigenvalue weighted by Gasteiger charge is -2.28. The summed E-state index contributed by atoms with van der Waals surface area (Å²) in [5.41, 5.74) is 1.30. The summed E-state index contributed by atoms with van der Waals surface area (Å²) in [6.07, 6.45) is 3.69. The molecule has 1 aromatic carbocycles. The van der Waals surface area contributed by atoms with Gasteiger partial charge in [-0.05, 0) is 49.3 Å². The van der Waals surface area contributed by atoms with E-state index in [9.17, 15) is 14.9 Å². The van der Waals surface area contributed by atoms with Gasteiger partial charge in [-0.1, -0.05) is 26.8 Å². The minimum atomic E-state index is -0.404. The average molecular weight is 439 g/mol. The Labute approximate surface area is 189 Å². The van der Waals surface area contributed by atoms with Gasteiger partial charge in [0.1, 0.15) is 17.2 Å². The molecule has 1 aromatic heterocycles. The molecule has 1 aliphatic carbocycles. The van der Waals surface area contributed by atoms with E-state index in [0.717, 1.165) is 30.2 Å². The van der Waals surface area contributed by atoms with Gasteiger partial charge in [-0.25, -0.2) is 0 Å². The number of ketones is 1. The number of carbonyl (C=O) groups is 2. The van der Waals surface area contributed by atoms with Crippen LogP contribution in [0.2, 0.25) is 0 Å². The van der Waals surface area contributed by atoms with Crippen molar-refractivity contribution >= 4 is 22.6 Å². The first-order valence-electron chi connectivity index (χ1n) is 11.3. The normalized spacial score (nSPS) is 18.3. The lowest BCUT2D eigenvalue weighted by molar-refractivity contribution is -0.120. The van der Waals surface area contributed by atoms with Gasteiger partial charge in [0, 0.05) is 35.8 Å². The van der Waals surface area contributed by atoms with Crippen LogP contribution in [0, 0.1) is 22.7 Å². The number of Topliss-reactive ketones (excluding diaryl/α,β-unsaturated/α-hetero) is 1. The van der Waals surface area contributed by atoms with Crippen molar-refractivity contribution in [2.75, 3.05) is 13.7 Å². The largest absolute Gasteiger partial charge is 0.496 e. The summed E-state index contributed by atoms with van der Waals surface area (Å²) in [5.74, 6) is 0.757. The highest BCUT2D eigenvalue weighted by atomic mass is 16.5. The van der Waals surface area contributed by atoms with Crippen LogP contribution in [0.4, 0.5) is 0 Å². The maximum atomic E-state index is 13.0. The first-order chi connectivity index (χ1) is 15.2. The molecular weight excluding hydrogens is 404 g/mol. The molecule has 0 radical (unpaired) electrons. The number of nitriles is 1. The number of hydrogen-bond acceptors (Lipinski definition) is 5. The summed E-state index contributed by atoms with van der Waals surface area (Å²) < 4.78 is 5.39. The Balaban J connectivity index is 1.68. The third-order valence-corrected chi connectivity index (χ3v) is 6.00. The fraction of sp³-hybridized carbons (Fsp3) is 0.560. The molecule has 3 N–H and O–H groups in total.